The van der Waals surface area contributed by atoms with Gasteiger partial charge in [0.05, 0.1) is 23.0 Å². The lowest BCUT2D eigenvalue weighted by atomic mass is 10.2. The monoisotopic (exact) mass is 386 g/mol. The maximum Gasteiger partial charge on any atom is 0.242 e. The standard InChI is InChI=1S/C18H22N6O2S/c1-13-9-14(2)24(22-13)18-12-19-11-17(21-18)20-10-15-5-7-16(8-6-15)27(25,26)23(3)4/h5-9,11-12H,10H2,1-4H3,(H,20,21). The van der Waals surface area contributed by atoms with Crippen molar-refractivity contribution in [2.45, 2.75) is 25.3 Å². The predicted molar refractivity (Wildman–Crippen MR) is 103 cm³/mol. The molecule has 0 bridgehead atoms. The van der Waals surface area contributed by atoms with Crippen LogP contribution in [0.1, 0.15) is 17.0 Å². The second-order valence-electron chi connectivity index (χ2n) is 6.39. The first-order valence-electron chi connectivity index (χ1n) is 8.38. The highest BCUT2D eigenvalue weighted by Crippen LogP contribution is 2.15. The number of anilines is 1. The first-order chi connectivity index (χ1) is 12.8. The van der Waals surface area contributed by atoms with Crippen molar-refractivity contribution in [2.75, 3.05) is 19.4 Å². The van der Waals surface area contributed by atoms with Crippen LogP contribution in [-0.2, 0) is 16.6 Å². The number of rotatable bonds is 6. The highest BCUT2D eigenvalue weighted by atomic mass is 32.2. The Kier molecular flexibility index (Phi) is 5.24. The van der Waals surface area contributed by atoms with Crippen molar-refractivity contribution in [3.05, 3.63) is 59.7 Å². The molecule has 2 aromatic heterocycles. The van der Waals surface area contributed by atoms with Crippen LogP contribution in [0, 0.1) is 13.8 Å². The number of hydrogen-bond donors (Lipinski definition) is 1. The summed E-state index contributed by atoms with van der Waals surface area (Å²) in [5.74, 6) is 1.25. The van der Waals surface area contributed by atoms with Gasteiger partial charge in [0, 0.05) is 26.3 Å². The van der Waals surface area contributed by atoms with Crippen LogP contribution < -0.4 is 5.32 Å². The molecule has 0 aliphatic rings. The Morgan fingerprint density at radius 2 is 1.81 bits per heavy atom. The maximum absolute atomic E-state index is 12.1. The summed E-state index contributed by atoms with van der Waals surface area (Å²) in [6, 6.07) is 8.74. The molecule has 3 rings (SSSR count). The number of hydrogen-bond acceptors (Lipinski definition) is 6. The van der Waals surface area contributed by atoms with Gasteiger partial charge in [0.25, 0.3) is 0 Å². The lowest BCUT2D eigenvalue weighted by Gasteiger charge is -2.12. The molecule has 0 spiro atoms. The van der Waals surface area contributed by atoms with Crippen LogP contribution >= 0.6 is 0 Å². The zero-order valence-electron chi connectivity index (χ0n) is 15.7. The molecule has 2 heterocycles. The Morgan fingerprint density at radius 1 is 1.11 bits per heavy atom. The number of benzene rings is 1. The first kappa shape index (κ1) is 19.0. The van der Waals surface area contributed by atoms with Gasteiger partial charge in [0.2, 0.25) is 10.0 Å². The molecule has 142 valence electrons. The molecule has 1 N–H and O–H groups in total. The highest BCUT2D eigenvalue weighted by molar-refractivity contribution is 7.89. The second-order valence-corrected chi connectivity index (χ2v) is 8.54. The lowest BCUT2D eigenvalue weighted by molar-refractivity contribution is 0.520. The molecule has 27 heavy (non-hydrogen) atoms. The third-order valence-corrected chi connectivity index (χ3v) is 5.85. The Balaban J connectivity index is 1.72. The third-order valence-electron chi connectivity index (χ3n) is 4.02. The normalized spacial score (nSPS) is 11.7. The Labute approximate surface area is 158 Å². The molecule has 0 saturated heterocycles. The van der Waals surface area contributed by atoms with Gasteiger partial charge in [-0.25, -0.2) is 22.4 Å². The van der Waals surface area contributed by atoms with Crippen LogP contribution in [0.25, 0.3) is 5.82 Å². The first-order valence-corrected chi connectivity index (χ1v) is 9.82. The van der Waals surface area contributed by atoms with Crippen LogP contribution in [0.4, 0.5) is 5.82 Å². The summed E-state index contributed by atoms with van der Waals surface area (Å²) in [5.41, 5.74) is 2.84. The number of aryl methyl sites for hydroxylation is 2. The van der Waals surface area contributed by atoms with Gasteiger partial charge in [-0.3, -0.25) is 4.98 Å². The molecular weight excluding hydrogens is 364 g/mol. The maximum atomic E-state index is 12.1. The van der Waals surface area contributed by atoms with E-state index in [1.165, 1.54) is 18.4 Å². The van der Waals surface area contributed by atoms with E-state index in [-0.39, 0.29) is 4.90 Å². The second kappa shape index (κ2) is 7.45. The van der Waals surface area contributed by atoms with E-state index >= 15 is 0 Å². The summed E-state index contributed by atoms with van der Waals surface area (Å²) in [4.78, 5) is 9.02. The summed E-state index contributed by atoms with van der Waals surface area (Å²) in [6.45, 7) is 4.39. The summed E-state index contributed by atoms with van der Waals surface area (Å²) < 4.78 is 27.2. The molecule has 9 heteroatoms. The summed E-state index contributed by atoms with van der Waals surface area (Å²) >= 11 is 0. The van der Waals surface area contributed by atoms with Gasteiger partial charge in [-0.1, -0.05) is 12.1 Å². The van der Waals surface area contributed by atoms with Gasteiger partial charge in [0.15, 0.2) is 5.82 Å². The fraction of sp³-hybridized carbons (Fsp3) is 0.278. The molecule has 0 saturated carbocycles. The lowest BCUT2D eigenvalue weighted by Crippen LogP contribution is -2.22. The highest BCUT2D eigenvalue weighted by Gasteiger charge is 2.16. The molecule has 8 nitrogen and oxygen atoms in total. The minimum atomic E-state index is -3.42. The zero-order chi connectivity index (χ0) is 19.6. The minimum absolute atomic E-state index is 0.266. The van der Waals surface area contributed by atoms with Crippen LogP contribution in [0.5, 0.6) is 0 Å². The van der Waals surface area contributed by atoms with E-state index in [9.17, 15) is 8.42 Å². The van der Waals surface area contributed by atoms with Crippen molar-refractivity contribution >= 4 is 15.8 Å². The van der Waals surface area contributed by atoms with Crippen LogP contribution in [-0.4, -0.2) is 46.6 Å². The molecule has 0 aliphatic heterocycles. The predicted octanol–water partition coefficient (Wildman–Crippen LogP) is 2.14. The van der Waals surface area contributed by atoms with Crippen molar-refractivity contribution in [3.8, 4) is 5.82 Å². The number of nitrogens with zero attached hydrogens (tertiary/aromatic N) is 5. The van der Waals surface area contributed by atoms with Crippen molar-refractivity contribution in [2.24, 2.45) is 0 Å². The van der Waals surface area contributed by atoms with Crippen molar-refractivity contribution in [1.29, 1.82) is 0 Å². The smallest absolute Gasteiger partial charge is 0.242 e. The summed E-state index contributed by atoms with van der Waals surface area (Å²) in [6.07, 6.45) is 3.30. The van der Waals surface area contributed by atoms with Crippen molar-refractivity contribution in [3.63, 3.8) is 0 Å². The van der Waals surface area contributed by atoms with Crippen molar-refractivity contribution < 1.29 is 8.42 Å². The van der Waals surface area contributed by atoms with E-state index in [0.717, 1.165) is 17.0 Å². The fourth-order valence-electron chi connectivity index (χ4n) is 2.59. The Morgan fingerprint density at radius 3 is 2.41 bits per heavy atom. The minimum Gasteiger partial charge on any atom is -0.365 e. The SMILES string of the molecule is Cc1cc(C)n(-c2cncc(NCc3ccc(S(=O)(=O)N(C)C)cc3)n2)n1. The van der Waals surface area contributed by atoms with Gasteiger partial charge < -0.3 is 5.32 Å². The Bertz CT molecular complexity index is 1040. The summed E-state index contributed by atoms with van der Waals surface area (Å²) in [5, 5.41) is 7.62. The van der Waals surface area contributed by atoms with E-state index in [2.05, 4.69) is 20.4 Å². The molecule has 0 atom stereocenters. The quantitative estimate of drug-likeness (QED) is 0.698. The molecule has 0 fully saturated rings. The zero-order valence-corrected chi connectivity index (χ0v) is 16.5. The van der Waals surface area contributed by atoms with Crippen LogP contribution in [0.2, 0.25) is 0 Å². The molecule has 0 amide bonds. The summed E-state index contributed by atoms with van der Waals surface area (Å²) in [7, 11) is -0.392. The van der Waals surface area contributed by atoms with Gasteiger partial charge in [-0.2, -0.15) is 5.10 Å². The molecule has 3 aromatic rings. The van der Waals surface area contributed by atoms with Gasteiger partial charge in [-0.15, -0.1) is 0 Å². The van der Waals surface area contributed by atoms with Crippen LogP contribution in [0.3, 0.4) is 0 Å². The molecule has 0 unspecified atom stereocenters. The third kappa shape index (κ3) is 4.15. The average Bonchev–Trinajstić information content (AvgIpc) is 2.98. The van der Waals surface area contributed by atoms with Gasteiger partial charge >= 0.3 is 0 Å². The largest absolute Gasteiger partial charge is 0.365 e. The van der Waals surface area contributed by atoms with E-state index in [1.807, 2.05) is 19.9 Å². The van der Waals surface area contributed by atoms with E-state index < -0.39 is 10.0 Å². The molecule has 1 aromatic carbocycles. The Hall–Kier alpha value is -2.78. The van der Waals surface area contributed by atoms with Crippen molar-refractivity contribution in [1.82, 2.24) is 24.1 Å². The van der Waals surface area contributed by atoms with E-state index in [0.29, 0.717) is 18.2 Å². The number of aromatic nitrogens is 4. The fourth-order valence-corrected chi connectivity index (χ4v) is 3.49. The molecule has 0 radical (unpaired) electrons. The van der Waals surface area contributed by atoms with E-state index in [4.69, 9.17) is 0 Å². The molecule has 0 aliphatic carbocycles. The number of sulfonamides is 1. The van der Waals surface area contributed by atoms with Gasteiger partial charge in [-0.05, 0) is 37.6 Å². The molecular formula is C18H22N6O2S. The average molecular weight is 386 g/mol. The van der Waals surface area contributed by atoms with E-state index in [1.54, 1.807) is 41.3 Å². The van der Waals surface area contributed by atoms with Crippen LogP contribution in [0.15, 0.2) is 47.6 Å². The van der Waals surface area contributed by atoms with Gasteiger partial charge in [0.1, 0.15) is 5.82 Å². The number of nitrogens with one attached hydrogen (secondary N) is 1. The topological polar surface area (TPSA) is 93.0 Å².